The monoisotopic (exact) mass is 478 g/mol. The van der Waals surface area contributed by atoms with Gasteiger partial charge in [0.05, 0.1) is 50.6 Å². The van der Waals surface area contributed by atoms with E-state index in [9.17, 15) is 14.7 Å². The minimum atomic E-state index is -0.321. The zero-order chi connectivity index (χ0) is 23.6. The maximum Gasteiger partial charge on any atom is 0.209 e. The third kappa shape index (κ3) is 2.77. The summed E-state index contributed by atoms with van der Waals surface area (Å²) in [6.45, 7) is 8.41. The van der Waals surface area contributed by atoms with E-state index in [0.29, 0.717) is 56.9 Å². The summed E-state index contributed by atoms with van der Waals surface area (Å²) in [5.41, 5.74) is -0.634. The summed E-state index contributed by atoms with van der Waals surface area (Å²) in [6.07, 6.45) is 0. The van der Waals surface area contributed by atoms with Gasteiger partial charge < -0.3 is 19.3 Å². The van der Waals surface area contributed by atoms with E-state index in [1.807, 2.05) is 0 Å². The predicted octanol–water partition coefficient (Wildman–Crippen LogP) is 3.27. The summed E-state index contributed by atoms with van der Waals surface area (Å²) in [5.74, 6) is 1.19. The molecular weight excluding hydrogens is 460 g/mol. The van der Waals surface area contributed by atoms with Crippen LogP contribution in [0, 0.1) is 9.06 Å². The van der Waals surface area contributed by atoms with Crippen molar-refractivity contribution in [3.63, 3.8) is 0 Å². The lowest BCUT2D eigenvalue weighted by Crippen LogP contribution is -2.17. The highest BCUT2D eigenvalue weighted by molar-refractivity contribution is 7.26. The molecule has 0 fully saturated rings. The van der Waals surface area contributed by atoms with Crippen molar-refractivity contribution < 1.29 is 19.3 Å². The maximum atomic E-state index is 13.6. The second-order valence-electron chi connectivity index (χ2n) is 7.39. The molecule has 0 bridgehead atoms. The molecule has 1 N–H and O–H groups in total. The second-order valence-corrected chi connectivity index (χ2v) is 9.43. The molecule has 0 saturated heterocycles. The van der Waals surface area contributed by atoms with Crippen LogP contribution >= 0.6 is 22.7 Å². The van der Waals surface area contributed by atoms with Gasteiger partial charge in [-0.3, -0.25) is 9.59 Å². The van der Waals surface area contributed by atoms with Crippen LogP contribution in [0.15, 0.2) is 33.9 Å². The number of aromatic hydroxyl groups is 1. The third-order valence-corrected chi connectivity index (χ3v) is 8.53. The SMILES string of the molecule is C=c1c2sc3c(=O)c4c(OC)ccc(OC)c4c(=O)c=3sc2c(=C)c2c(OC)ccc(O)c12. The van der Waals surface area contributed by atoms with Gasteiger partial charge in [-0.2, -0.15) is 0 Å². The van der Waals surface area contributed by atoms with Gasteiger partial charge >= 0.3 is 0 Å². The largest absolute Gasteiger partial charge is 0.507 e. The summed E-state index contributed by atoms with van der Waals surface area (Å²) in [7, 11) is 4.44. The Hall–Kier alpha value is -3.62. The molecule has 5 rings (SSSR count). The fourth-order valence-electron chi connectivity index (χ4n) is 4.24. The van der Waals surface area contributed by atoms with Gasteiger partial charge in [-0.1, -0.05) is 13.2 Å². The number of methoxy groups -OCH3 is 3. The highest BCUT2D eigenvalue weighted by Gasteiger charge is 2.20. The molecular formula is C25H18O6S2. The van der Waals surface area contributed by atoms with Gasteiger partial charge in [0.15, 0.2) is 0 Å². The highest BCUT2D eigenvalue weighted by atomic mass is 32.1. The van der Waals surface area contributed by atoms with Crippen LogP contribution in [0.25, 0.3) is 44.1 Å². The molecule has 8 heteroatoms. The van der Waals surface area contributed by atoms with E-state index in [1.54, 1.807) is 18.2 Å². The lowest BCUT2D eigenvalue weighted by atomic mass is 10.0. The first-order chi connectivity index (χ1) is 15.8. The van der Waals surface area contributed by atoms with Crippen LogP contribution in [0.2, 0.25) is 0 Å². The Morgan fingerprint density at radius 3 is 1.52 bits per heavy atom. The first kappa shape index (κ1) is 21.2. The molecule has 0 aromatic heterocycles. The molecule has 0 spiro atoms. The van der Waals surface area contributed by atoms with Gasteiger partial charge in [0.1, 0.15) is 23.0 Å². The van der Waals surface area contributed by atoms with E-state index in [4.69, 9.17) is 14.2 Å². The molecule has 2 aliphatic rings. The van der Waals surface area contributed by atoms with Crippen LogP contribution in [0.5, 0.6) is 23.0 Å². The van der Waals surface area contributed by atoms with E-state index in [0.717, 1.165) is 11.3 Å². The fraction of sp³-hybridized carbons (Fsp3) is 0.120. The van der Waals surface area contributed by atoms with Crippen LogP contribution in [-0.2, 0) is 0 Å². The molecule has 0 amide bonds. The average molecular weight is 479 g/mol. The molecule has 1 heterocycles. The number of phenols is 1. The number of fused-ring (bicyclic) bond motifs is 3. The molecule has 0 atom stereocenters. The lowest BCUT2D eigenvalue weighted by molar-refractivity contribution is 0.410. The van der Waals surface area contributed by atoms with Crippen molar-refractivity contribution in [2.45, 2.75) is 0 Å². The minimum Gasteiger partial charge on any atom is -0.507 e. The van der Waals surface area contributed by atoms with Gasteiger partial charge in [0.25, 0.3) is 0 Å². The standard InChI is InChI=1S/C25H18O6S2/c1-10-16-12(26)6-7-13(29-3)17(16)11(2)23-22(10)32-24-20(27)18-14(30-4)8-9-15(31-5)19(18)21(28)25(24)33-23/h6-9,26H,1-2H2,3-5H3. The lowest BCUT2D eigenvalue weighted by Gasteiger charge is -2.12. The number of hydrogen-bond donors (Lipinski definition) is 1. The predicted molar refractivity (Wildman–Crippen MR) is 134 cm³/mol. The van der Waals surface area contributed by atoms with Gasteiger partial charge in [-0.05, 0) is 34.7 Å². The summed E-state index contributed by atoms with van der Waals surface area (Å²) in [4.78, 5) is 27.2. The molecule has 33 heavy (non-hydrogen) atoms. The summed E-state index contributed by atoms with van der Waals surface area (Å²) in [6, 6.07) is 6.43. The Morgan fingerprint density at radius 2 is 1.06 bits per heavy atom. The topological polar surface area (TPSA) is 82.1 Å². The van der Waals surface area contributed by atoms with Crippen LogP contribution in [0.1, 0.15) is 0 Å². The minimum absolute atomic E-state index is 0.0386. The number of hydrogen-bond acceptors (Lipinski definition) is 8. The van der Waals surface area contributed by atoms with E-state index in [1.165, 1.54) is 38.7 Å². The van der Waals surface area contributed by atoms with Crippen molar-refractivity contribution in [1.29, 1.82) is 0 Å². The first-order valence-electron chi connectivity index (χ1n) is 9.81. The molecule has 3 aromatic rings. The first-order valence-corrected chi connectivity index (χ1v) is 11.4. The van der Waals surface area contributed by atoms with E-state index in [-0.39, 0.29) is 27.4 Å². The van der Waals surface area contributed by atoms with Gasteiger partial charge in [0, 0.05) is 10.8 Å². The average Bonchev–Trinajstić information content (AvgIpc) is 2.83. The van der Waals surface area contributed by atoms with Crippen molar-refractivity contribution in [1.82, 2.24) is 0 Å². The second kappa shape index (κ2) is 7.47. The highest BCUT2D eigenvalue weighted by Crippen LogP contribution is 2.33. The molecule has 0 radical (unpaired) electrons. The quantitative estimate of drug-likeness (QED) is 0.429. The van der Waals surface area contributed by atoms with Crippen LogP contribution in [0.3, 0.4) is 0 Å². The van der Waals surface area contributed by atoms with Crippen molar-refractivity contribution in [3.05, 3.63) is 64.2 Å². The molecule has 0 unspecified atom stereocenters. The van der Waals surface area contributed by atoms with Gasteiger partial charge in [0.2, 0.25) is 10.9 Å². The fourth-order valence-corrected chi connectivity index (χ4v) is 6.79. The van der Waals surface area contributed by atoms with Crippen molar-refractivity contribution in [2.75, 3.05) is 21.3 Å². The molecule has 3 aromatic carbocycles. The van der Waals surface area contributed by atoms with E-state index < -0.39 is 0 Å². The van der Waals surface area contributed by atoms with Crippen LogP contribution < -0.4 is 35.5 Å². The Kier molecular flexibility index (Phi) is 4.81. The Labute approximate surface area is 194 Å². The normalized spacial score (nSPS) is 11.5. The molecule has 1 aliphatic carbocycles. The molecule has 1 aliphatic heterocycles. The molecule has 0 saturated carbocycles. The zero-order valence-corrected chi connectivity index (χ0v) is 19.7. The summed E-state index contributed by atoms with van der Waals surface area (Å²) in [5, 5.41) is 13.2. The summed E-state index contributed by atoms with van der Waals surface area (Å²) < 4.78 is 18.2. The smallest absolute Gasteiger partial charge is 0.209 e. The Morgan fingerprint density at radius 1 is 0.667 bits per heavy atom. The zero-order valence-electron chi connectivity index (χ0n) is 18.0. The third-order valence-electron chi connectivity index (χ3n) is 5.77. The van der Waals surface area contributed by atoms with Crippen LogP contribution in [0.4, 0.5) is 0 Å². The number of ether oxygens (including phenoxy) is 3. The van der Waals surface area contributed by atoms with Crippen molar-refractivity contribution in [3.8, 4) is 23.0 Å². The maximum absolute atomic E-state index is 13.6. The molecule has 166 valence electrons. The number of benzene rings is 3. The number of rotatable bonds is 3. The van der Waals surface area contributed by atoms with Gasteiger partial charge in [-0.15, -0.1) is 22.7 Å². The summed E-state index contributed by atoms with van der Waals surface area (Å²) >= 11 is 2.35. The van der Waals surface area contributed by atoms with Crippen LogP contribution in [-0.4, -0.2) is 26.4 Å². The van der Waals surface area contributed by atoms with Crippen molar-refractivity contribution >= 4 is 66.8 Å². The molecule has 6 nitrogen and oxygen atoms in total. The van der Waals surface area contributed by atoms with Gasteiger partial charge in [-0.25, -0.2) is 0 Å². The Bertz CT molecular complexity index is 1920. The van der Waals surface area contributed by atoms with E-state index in [2.05, 4.69) is 13.2 Å². The van der Waals surface area contributed by atoms with E-state index >= 15 is 0 Å². The Balaban J connectivity index is 2.16. The van der Waals surface area contributed by atoms with Crippen molar-refractivity contribution in [2.24, 2.45) is 0 Å². The number of phenolic OH excluding ortho intramolecular Hbond substituents is 1.